The fraction of sp³-hybridized carbons (Fsp3) is 0.316. The van der Waals surface area contributed by atoms with E-state index in [9.17, 15) is 13.6 Å². The van der Waals surface area contributed by atoms with E-state index >= 15 is 0 Å². The number of ketones is 1. The summed E-state index contributed by atoms with van der Waals surface area (Å²) < 4.78 is 27.4. The van der Waals surface area contributed by atoms with Gasteiger partial charge in [-0.2, -0.15) is 0 Å². The number of carbonyl (C=O) groups excluding carboxylic acids is 1. The van der Waals surface area contributed by atoms with Gasteiger partial charge in [0.2, 0.25) is 0 Å². The third-order valence-electron chi connectivity index (χ3n) is 4.30. The molecule has 0 heterocycles. The standard InChI is InChI=1S/C19H22F2N2O/c20-9-17(15-7-3-1-5-13(15)11-22)19(24)18(10-21)16-8-4-2-6-14(16)12-23/h1-8,17-18H,9-12,22-23H2. The van der Waals surface area contributed by atoms with Crippen molar-refractivity contribution in [3.63, 3.8) is 0 Å². The molecule has 0 amide bonds. The molecule has 0 radical (unpaired) electrons. The van der Waals surface area contributed by atoms with Crippen LogP contribution in [-0.4, -0.2) is 19.1 Å². The molecule has 24 heavy (non-hydrogen) atoms. The Morgan fingerprint density at radius 1 is 0.792 bits per heavy atom. The van der Waals surface area contributed by atoms with Crippen LogP contribution < -0.4 is 11.5 Å². The van der Waals surface area contributed by atoms with Crippen LogP contribution in [0.2, 0.25) is 0 Å². The largest absolute Gasteiger partial charge is 0.326 e. The van der Waals surface area contributed by atoms with E-state index in [0.29, 0.717) is 22.3 Å². The molecule has 2 aromatic carbocycles. The predicted molar refractivity (Wildman–Crippen MR) is 91.1 cm³/mol. The Kier molecular flexibility index (Phi) is 6.58. The summed E-state index contributed by atoms with van der Waals surface area (Å²) in [6, 6.07) is 13.9. The Balaban J connectivity index is 2.42. The summed E-state index contributed by atoms with van der Waals surface area (Å²) >= 11 is 0. The van der Waals surface area contributed by atoms with Crippen molar-refractivity contribution in [3.8, 4) is 0 Å². The number of hydrogen-bond acceptors (Lipinski definition) is 3. The molecule has 0 bridgehead atoms. The van der Waals surface area contributed by atoms with E-state index in [1.165, 1.54) is 0 Å². The maximum atomic E-state index is 13.7. The zero-order chi connectivity index (χ0) is 17.5. The first-order chi connectivity index (χ1) is 11.7. The van der Waals surface area contributed by atoms with Gasteiger partial charge >= 0.3 is 0 Å². The first-order valence-electron chi connectivity index (χ1n) is 7.89. The molecule has 0 spiro atoms. The molecular weight excluding hydrogens is 310 g/mol. The molecule has 2 unspecified atom stereocenters. The van der Waals surface area contributed by atoms with Gasteiger partial charge in [0.15, 0.2) is 5.78 Å². The molecule has 2 aromatic rings. The Morgan fingerprint density at radius 3 is 1.50 bits per heavy atom. The maximum absolute atomic E-state index is 13.7. The molecule has 0 aliphatic carbocycles. The van der Waals surface area contributed by atoms with Crippen molar-refractivity contribution in [2.24, 2.45) is 11.5 Å². The van der Waals surface area contributed by atoms with E-state index in [-0.39, 0.29) is 13.1 Å². The number of Topliss-reactive ketones (excluding diaryl/α,β-unsaturated/α-hetero) is 1. The van der Waals surface area contributed by atoms with E-state index < -0.39 is 31.0 Å². The van der Waals surface area contributed by atoms with Gasteiger partial charge in [-0.15, -0.1) is 0 Å². The van der Waals surface area contributed by atoms with Crippen LogP contribution in [0.15, 0.2) is 48.5 Å². The molecule has 0 fully saturated rings. The van der Waals surface area contributed by atoms with Gasteiger partial charge < -0.3 is 11.5 Å². The van der Waals surface area contributed by atoms with Crippen molar-refractivity contribution < 1.29 is 13.6 Å². The second kappa shape index (κ2) is 8.66. The molecule has 0 aromatic heterocycles. The van der Waals surface area contributed by atoms with Crippen LogP contribution in [0, 0.1) is 0 Å². The first kappa shape index (κ1) is 18.2. The van der Waals surface area contributed by atoms with Crippen molar-refractivity contribution in [1.29, 1.82) is 0 Å². The lowest BCUT2D eigenvalue weighted by Crippen LogP contribution is -2.26. The molecule has 5 heteroatoms. The minimum atomic E-state index is -1.03. The smallest absolute Gasteiger partial charge is 0.153 e. The molecule has 2 rings (SSSR count). The monoisotopic (exact) mass is 332 g/mol. The van der Waals surface area contributed by atoms with Crippen LogP contribution in [0.3, 0.4) is 0 Å². The van der Waals surface area contributed by atoms with Crippen LogP contribution in [0.1, 0.15) is 34.1 Å². The highest BCUT2D eigenvalue weighted by Gasteiger charge is 2.31. The van der Waals surface area contributed by atoms with Crippen LogP contribution in [0.4, 0.5) is 8.78 Å². The zero-order valence-corrected chi connectivity index (χ0v) is 13.4. The van der Waals surface area contributed by atoms with Gasteiger partial charge in [0.1, 0.15) is 13.3 Å². The van der Waals surface area contributed by atoms with E-state index in [1.54, 1.807) is 48.5 Å². The second-order valence-corrected chi connectivity index (χ2v) is 5.62. The topological polar surface area (TPSA) is 69.1 Å². The molecule has 0 saturated carbocycles. The Morgan fingerprint density at radius 2 is 1.17 bits per heavy atom. The number of hydrogen-bond donors (Lipinski definition) is 2. The third-order valence-corrected chi connectivity index (χ3v) is 4.30. The molecule has 2 atom stereocenters. The summed E-state index contributed by atoms with van der Waals surface area (Å²) in [7, 11) is 0. The molecule has 0 aliphatic rings. The lowest BCUT2D eigenvalue weighted by atomic mass is 9.82. The van der Waals surface area contributed by atoms with Crippen molar-refractivity contribution in [2.45, 2.75) is 24.9 Å². The maximum Gasteiger partial charge on any atom is 0.153 e. The van der Waals surface area contributed by atoms with Crippen molar-refractivity contribution in [3.05, 3.63) is 70.8 Å². The number of halogens is 2. The number of nitrogens with two attached hydrogens (primary N) is 2. The van der Waals surface area contributed by atoms with Gasteiger partial charge in [0, 0.05) is 13.1 Å². The number of carbonyl (C=O) groups is 1. The van der Waals surface area contributed by atoms with E-state index in [4.69, 9.17) is 11.5 Å². The average Bonchev–Trinajstić information content (AvgIpc) is 2.64. The minimum Gasteiger partial charge on any atom is -0.326 e. The first-order valence-corrected chi connectivity index (χ1v) is 7.89. The predicted octanol–water partition coefficient (Wildman–Crippen LogP) is 2.98. The van der Waals surface area contributed by atoms with Gasteiger partial charge in [0.05, 0.1) is 11.8 Å². The fourth-order valence-corrected chi connectivity index (χ4v) is 2.99. The van der Waals surface area contributed by atoms with Gasteiger partial charge in [-0.05, 0) is 22.3 Å². The Hall–Kier alpha value is -2.11. The van der Waals surface area contributed by atoms with Crippen LogP contribution in [-0.2, 0) is 17.9 Å². The van der Waals surface area contributed by atoms with Crippen molar-refractivity contribution in [1.82, 2.24) is 0 Å². The highest BCUT2D eigenvalue weighted by atomic mass is 19.1. The minimum absolute atomic E-state index is 0.194. The lowest BCUT2D eigenvalue weighted by Gasteiger charge is -2.22. The SMILES string of the molecule is NCc1ccccc1C(CF)C(=O)C(CF)c1ccccc1CN. The van der Waals surface area contributed by atoms with Gasteiger partial charge in [-0.25, -0.2) is 8.78 Å². The fourth-order valence-electron chi connectivity index (χ4n) is 2.99. The molecular formula is C19H22F2N2O. The molecule has 3 nitrogen and oxygen atoms in total. The molecule has 0 aliphatic heterocycles. The van der Waals surface area contributed by atoms with E-state index in [0.717, 1.165) is 0 Å². The molecule has 4 N–H and O–H groups in total. The average molecular weight is 332 g/mol. The van der Waals surface area contributed by atoms with E-state index in [2.05, 4.69) is 0 Å². The quantitative estimate of drug-likeness (QED) is 0.781. The third kappa shape index (κ3) is 3.68. The summed E-state index contributed by atoms with van der Waals surface area (Å²) in [5.74, 6) is -2.55. The highest BCUT2D eigenvalue weighted by molar-refractivity contribution is 5.92. The summed E-state index contributed by atoms with van der Waals surface area (Å²) in [6.07, 6.45) is 0. The zero-order valence-electron chi connectivity index (χ0n) is 13.4. The number of rotatable bonds is 8. The number of alkyl halides is 2. The highest BCUT2D eigenvalue weighted by Crippen LogP contribution is 2.31. The van der Waals surface area contributed by atoms with Gasteiger partial charge in [-0.1, -0.05) is 48.5 Å². The Labute approximate surface area is 140 Å². The van der Waals surface area contributed by atoms with Gasteiger partial charge in [-0.3, -0.25) is 4.79 Å². The molecule has 128 valence electrons. The number of benzene rings is 2. The summed E-state index contributed by atoms with van der Waals surface area (Å²) in [5, 5.41) is 0. The van der Waals surface area contributed by atoms with Gasteiger partial charge in [0.25, 0.3) is 0 Å². The van der Waals surface area contributed by atoms with E-state index in [1.807, 2.05) is 0 Å². The summed E-state index contributed by atoms with van der Waals surface area (Å²) in [6.45, 7) is -1.40. The van der Waals surface area contributed by atoms with Crippen molar-refractivity contribution in [2.75, 3.05) is 13.3 Å². The Bertz CT molecular complexity index is 633. The lowest BCUT2D eigenvalue weighted by molar-refractivity contribution is -0.122. The summed E-state index contributed by atoms with van der Waals surface area (Å²) in [4.78, 5) is 12.9. The van der Waals surface area contributed by atoms with Crippen LogP contribution in [0.25, 0.3) is 0 Å². The van der Waals surface area contributed by atoms with Crippen molar-refractivity contribution >= 4 is 5.78 Å². The molecule has 0 saturated heterocycles. The summed E-state index contributed by atoms with van der Waals surface area (Å²) in [5.41, 5.74) is 13.8. The van der Waals surface area contributed by atoms with Crippen LogP contribution >= 0.6 is 0 Å². The second-order valence-electron chi connectivity index (χ2n) is 5.62. The normalized spacial score (nSPS) is 13.5. The van der Waals surface area contributed by atoms with Crippen LogP contribution in [0.5, 0.6) is 0 Å².